The lowest BCUT2D eigenvalue weighted by Gasteiger charge is -2.05. The molecule has 0 saturated heterocycles. The molecule has 0 bridgehead atoms. The zero-order valence-electron chi connectivity index (χ0n) is 6.54. The SMILES string of the molecule is Nc1ccc2c(c1)SNCCO2. The highest BCUT2D eigenvalue weighted by atomic mass is 32.2. The molecule has 1 aromatic carbocycles. The van der Waals surface area contributed by atoms with Gasteiger partial charge in [-0.3, -0.25) is 4.72 Å². The summed E-state index contributed by atoms with van der Waals surface area (Å²) in [4.78, 5) is 1.06. The van der Waals surface area contributed by atoms with Gasteiger partial charge >= 0.3 is 0 Å². The molecule has 0 radical (unpaired) electrons. The van der Waals surface area contributed by atoms with E-state index in [1.165, 1.54) is 0 Å². The van der Waals surface area contributed by atoms with Crippen molar-refractivity contribution in [1.82, 2.24) is 4.72 Å². The molecule has 12 heavy (non-hydrogen) atoms. The fourth-order valence-corrected chi connectivity index (χ4v) is 1.82. The maximum atomic E-state index is 5.64. The lowest BCUT2D eigenvalue weighted by molar-refractivity contribution is 0.321. The van der Waals surface area contributed by atoms with Crippen LogP contribution in [0.3, 0.4) is 0 Å². The van der Waals surface area contributed by atoms with E-state index in [0.29, 0.717) is 6.61 Å². The molecule has 64 valence electrons. The molecule has 1 aliphatic rings. The Hall–Kier alpha value is -0.870. The molecule has 2 rings (SSSR count). The molecule has 0 spiro atoms. The van der Waals surface area contributed by atoms with Crippen molar-refractivity contribution in [2.45, 2.75) is 4.90 Å². The molecule has 0 amide bonds. The summed E-state index contributed by atoms with van der Waals surface area (Å²) in [6.45, 7) is 1.57. The lowest BCUT2D eigenvalue weighted by Crippen LogP contribution is -2.10. The van der Waals surface area contributed by atoms with Crippen molar-refractivity contribution in [2.75, 3.05) is 18.9 Å². The molecule has 0 fully saturated rings. The molecule has 0 saturated carbocycles. The van der Waals surface area contributed by atoms with Gasteiger partial charge < -0.3 is 10.5 Å². The van der Waals surface area contributed by atoms with Crippen molar-refractivity contribution < 1.29 is 4.74 Å². The second-order valence-electron chi connectivity index (χ2n) is 2.55. The molecular formula is C8H10N2OS. The Labute approximate surface area is 75.4 Å². The largest absolute Gasteiger partial charge is 0.491 e. The summed E-state index contributed by atoms with van der Waals surface area (Å²) in [6.07, 6.45) is 0. The van der Waals surface area contributed by atoms with Gasteiger partial charge in [-0.15, -0.1) is 0 Å². The molecule has 0 aromatic heterocycles. The summed E-state index contributed by atoms with van der Waals surface area (Å²) >= 11 is 1.57. The number of fused-ring (bicyclic) bond motifs is 1. The molecule has 3 N–H and O–H groups in total. The van der Waals surface area contributed by atoms with Crippen molar-refractivity contribution in [1.29, 1.82) is 0 Å². The highest BCUT2D eigenvalue weighted by molar-refractivity contribution is 7.97. The maximum Gasteiger partial charge on any atom is 0.134 e. The number of nitrogens with one attached hydrogen (secondary N) is 1. The zero-order chi connectivity index (χ0) is 8.39. The van der Waals surface area contributed by atoms with Crippen LogP contribution in [0.5, 0.6) is 5.75 Å². The number of rotatable bonds is 0. The number of benzene rings is 1. The smallest absolute Gasteiger partial charge is 0.134 e. The van der Waals surface area contributed by atoms with Gasteiger partial charge in [-0.25, -0.2) is 0 Å². The normalized spacial score (nSPS) is 16.0. The summed E-state index contributed by atoms with van der Waals surface area (Å²) in [7, 11) is 0. The van der Waals surface area contributed by atoms with Crippen molar-refractivity contribution in [3.05, 3.63) is 18.2 Å². The summed E-state index contributed by atoms with van der Waals surface area (Å²) in [5.74, 6) is 0.916. The van der Waals surface area contributed by atoms with E-state index in [-0.39, 0.29) is 0 Å². The average Bonchev–Trinajstić information content (AvgIpc) is 2.28. The predicted molar refractivity (Wildman–Crippen MR) is 50.2 cm³/mol. The monoisotopic (exact) mass is 182 g/mol. The van der Waals surface area contributed by atoms with Gasteiger partial charge in [-0.05, 0) is 30.1 Å². The van der Waals surface area contributed by atoms with Gasteiger partial charge in [0, 0.05) is 12.2 Å². The minimum Gasteiger partial charge on any atom is -0.491 e. The van der Waals surface area contributed by atoms with Crippen molar-refractivity contribution in [2.24, 2.45) is 0 Å². The first-order valence-electron chi connectivity index (χ1n) is 3.78. The van der Waals surface area contributed by atoms with Crippen molar-refractivity contribution in [3.8, 4) is 5.75 Å². The highest BCUT2D eigenvalue weighted by Crippen LogP contribution is 2.30. The van der Waals surface area contributed by atoms with E-state index in [1.807, 2.05) is 18.2 Å². The van der Waals surface area contributed by atoms with E-state index in [4.69, 9.17) is 10.5 Å². The maximum absolute atomic E-state index is 5.64. The quantitative estimate of drug-likeness (QED) is 0.468. The van der Waals surface area contributed by atoms with Crippen LogP contribution in [0.4, 0.5) is 5.69 Å². The molecular weight excluding hydrogens is 172 g/mol. The third-order valence-electron chi connectivity index (χ3n) is 1.61. The van der Waals surface area contributed by atoms with Gasteiger partial charge in [0.05, 0.1) is 4.90 Å². The minimum atomic E-state index is 0.712. The first-order chi connectivity index (χ1) is 5.86. The van der Waals surface area contributed by atoms with Gasteiger partial charge in [0.25, 0.3) is 0 Å². The van der Waals surface area contributed by atoms with E-state index >= 15 is 0 Å². The van der Waals surface area contributed by atoms with Gasteiger partial charge in [-0.1, -0.05) is 0 Å². The standard InChI is InChI=1S/C8H10N2OS/c9-6-1-2-7-8(5-6)12-10-3-4-11-7/h1-2,5,10H,3-4,9H2. The van der Waals surface area contributed by atoms with Crippen LogP contribution >= 0.6 is 11.9 Å². The number of hydrogen-bond donors (Lipinski definition) is 2. The Balaban J connectivity index is 2.36. The molecule has 1 aromatic rings. The lowest BCUT2D eigenvalue weighted by atomic mass is 10.3. The Morgan fingerprint density at radius 2 is 2.42 bits per heavy atom. The van der Waals surface area contributed by atoms with Crippen LogP contribution in [-0.2, 0) is 0 Å². The second kappa shape index (κ2) is 3.25. The van der Waals surface area contributed by atoms with E-state index < -0.39 is 0 Å². The predicted octanol–water partition coefficient (Wildman–Crippen LogP) is 1.26. The van der Waals surface area contributed by atoms with Gasteiger partial charge in [0.2, 0.25) is 0 Å². The van der Waals surface area contributed by atoms with E-state index in [1.54, 1.807) is 11.9 Å². The van der Waals surface area contributed by atoms with Crippen molar-refractivity contribution in [3.63, 3.8) is 0 Å². The molecule has 0 aliphatic carbocycles. The molecule has 1 aliphatic heterocycles. The zero-order valence-corrected chi connectivity index (χ0v) is 7.36. The number of anilines is 1. The Morgan fingerprint density at radius 1 is 1.50 bits per heavy atom. The van der Waals surface area contributed by atoms with Crippen LogP contribution < -0.4 is 15.2 Å². The first kappa shape index (κ1) is 7.76. The third kappa shape index (κ3) is 1.49. The van der Waals surface area contributed by atoms with Crippen LogP contribution in [0.1, 0.15) is 0 Å². The summed E-state index contributed by atoms with van der Waals surface area (Å²) in [5.41, 5.74) is 6.41. The van der Waals surface area contributed by atoms with Crippen molar-refractivity contribution >= 4 is 17.6 Å². The molecule has 3 nitrogen and oxygen atoms in total. The van der Waals surface area contributed by atoms with Gasteiger partial charge in [-0.2, -0.15) is 0 Å². The second-order valence-corrected chi connectivity index (χ2v) is 3.48. The summed E-state index contributed by atoms with van der Waals surface area (Å²) in [5, 5.41) is 0. The number of hydrogen-bond acceptors (Lipinski definition) is 4. The third-order valence-corrected chi connectivity index (χ3v) is 2.50. The highest BCUT2D eigenvalue weighted by Gasteiger charge is 2.08. The number of ether oxygens (including phenoxy) is 1. The Bertz CT molecular complexity index is 290. The first-order valence-corrected chi connectivity index (χ1v) is 4.60. The van der Waals surface area contributed by atoms with E-state index in [9.17, 15) is 0 Å². The summed E-state index contributed by atoms with van der Waals surface area (Å²) in [6, 6.07) is 5.67. The minimum absolute atomic E-state index is 0.712. The molecule has 4 heteroatoms. The number of nitrogen functional groups attached to an aromatic ring is 1. The Kier molecular flexibility index (Phi) is 2.10. The fraction of sp³-hybridized carbons (Fsp3) is 0.250. The molecule has 0 unspecified atom stereocenters. The average molecular weight is 182 g/mol. The van der Waals surface area contributed by atoms with E-state index in [0.717, 1.165) is 22.9 Å². The molecule has 0 atom stereocenters. The Morgan fingerprint density at radius 3 is 3.33 bits per heavy atom. The van der Waals surface area contributed by atoms with Crippen LogP contribution in [-0.4, -0.2) is 13.2 Å². The van der Waals surface area contributed by atoms with Crippen LogP contribution in [0, 0.1) is 0 Å². The van der Waals surface area contributed by atoms with E-state index in [2.05, 4.69) is 4.72 Å². The van der Waals surface area contributed by atoms with Gasteiger partial charge in [0.15, 0.2) is 0 Å². The van der Waals surface area contributed by atoms with Gasteiger partial charge in [0.1, 0.15) is 12.4 Å². The fourth-order valence-electron chi connectivity index (χ4n) is 1.06. The van der Waals surface area contributed by atoms with Crippen LogP contribution in [0.15, 0.2) is 23.1 Å². The van der Waals surface area contributed by atoms with Crippen LogP contribution in [0.2, 0.25) is 0 Å². The summed E-state index contributed by atoms with van der Waals surface area (Å²) < 4.78 is 8.63. The molecule has 1 heterocycles. The topological polar surface area (TPSA) is 47.3 Å². The van der Waals surface area contributed by atoms with Crippen LogP contribution in [0.25, 0.3) is 0 Å². The number of nitrogens with two attached hydrogens (primary N) is 1.